The summed E-state index contributed by atoms with van der Waals surface area (Å²) >= 11 is 0. The van der Waals surface area contributed by atoms with E-state index in [1.807, 2.05) is 18.2 Å². The van der Waals surface area contributed by atoms with E-state index in [4.69, 9.17) is 0 Å². The Balaban J connectivity index is 1.35. The lowest BCUT2D eigenvalue weighted by Crippen LogP contribution is -2.52. The summed E-state index contributed by atoms with van der Waals surface area (Å²) in [6.07, 6.45) is 5.43. The van der Waals surface area contributed by atoms with Crippen molar-refractivity contribution in [2.24, 2.45) is 0 Å². The summed E-state index contributed by atoms with van der Waals surface area (Å²) in [5.74, 6) is -0.709. The topological polar surface area (TPSA) is 90.5 Å². The van der Waals surface area contributed by atoms with Gasteiger partial charge in [-0.05, 0) is 49.8 Å². The van der Waals surface area contributed by atoms with Crippen molar-refractivity contribution in [1.29, 1.82) is 0 Å². The van der Waals surface area contributed by atoms with Gasteiger partial charge in [0, 0.05) is 36.7 Å². The zero-order chi connectivity index (χ0) is 19.3. The molecule has 0 radical (unpaired) electrons. The molecule has 5 rings (SSSR count). The zero-order valence-corrected chi connectivity index (χ0v) is 15.9. The van der Waals surface area contributed by atoms with Gasteiger partial charge < -0.3 is 15.5 Å². The number of rotatable bonds is 4. The fourth-order valence-corrected chi connectivity index (χ4v) is 5.55. The summed E-state index contributed by atoms with van der Waals surface area (Å²) in [5, 5.41) is 9.74. The smallest absolute Gasteiger partial charge is 0.255 e. The van der Waals surface area contributed by atoms with E-state index < -0.39 is 6.04 Å². The molecular formula is C21H26N4O3. The summed E-state index contributed by atoms with van der Waals surface area (Å²) in [5.41, 5.74) is 2.85. The average molecular weight is 382 g/mol. The molecule has 7 nitrogen and oxygen atoms in total. The summed E-state index contributed by atoms with van der Waals surface area (Å²) in [6, 6.07) is 5.94. The lowest BCUT2D eigenvalue weighted by Gasteiger charge is -2.31. The quantitative estimate of drug-likeness (QED) is 0.671. The van der Waals surface area contributed by atoms with E-state index in [2.05, 4.69) is 16.0 Å². The van der Waals surface area contributed by atoms with Crippen LogP contribution in [0.5, 0.6) is 0 Å². The van der Waals surface area contributed by atoms with Crippen molar-refractivity contribution < 1.29 is 14.4 Å². The van der Waals surface area contributed by atoms with Crippen LogP contribution in [0.25, 0.3) is 0 Å². The highest BCUT2D eigenvalue weighted by Gasteiger charge is 2.46. The Hall–Kier alpha value is -2.25. The lowest BCUT2D eigenvalue weighted by atomic mass is 9.92. The zero-order valence-electron chi connectivity index (χ0n) is 15.9. The molecule has 3 amide bonds. The van der Waals surface area contributed by atoms with Gasteiger partial charge in [0.2, 0.25) is 11.8 Å². The van der Waals surface area contributed by atoms with Crippen LogP contribution in [0.2, 0.25) is 0 Å². The monoisotopic (exact) mass is 382 g/mol. The molecule has 7 heteroatoms. The highest BCUT2D eigenvalue weighted by Crippen LogP contribution is 2.37. The van der Waals surface area contributed by atoms with Gasteiger partial charge in [-0.3, -0.25) is 19.7 Å². The van der Waals surface area contributed by atoms with Crippen LogP contribution in [0.1, 0.15) is 60.0 Å². The van der Waals surface area contributed by atoms with E-state index in [1.54, 1.807) is 4.90 Å². The normalized spacial score (nSPS) is 31.9. The second-order valence-electron chi connectivity index (χ2n) is 8.51. The molecule has 4 aliphatic rings. The van der Waals surface area contributed by atoms with Crippen LogP contribution >= 0.6 is 0 Å². The molecule has 2 saturated heterocycles. The summed E-state index contributed by atoms with van der Waals surface area (Å²) in [6.45, 7) is 2.15. The minimum absolute atomic E-state index is 0.0908. The first kappa shape index (κ1) is 17.8. The maximum absolute atomic E-state index is 13.2. The van der Waals surface area contributed by atoms with Crippen LogP contribution in [-0.4, -0.2) is 46.8 Å². The van der Waals surface area contributed by atoms with E-state index >= 15 is 0 Å². The maximum Gasteiger partial charge on any atom is 0.255 e. The number of benzene rings is 1. The Bertz CT molecular complexity index is 842. The number of imide groups is 1. The minimum Gasteiger partial charge on any atom is -0.322 e. The number of piperidine rings is 1. The number of hydrogen-bond donors (Lipinski definition) is 3. The molecule has 1 saturated carbocycles. The molecule has 0 aromatic heterocycles. The third kappa shape index (κ3) is 2.76. The molecule has 1 aromatic rings. The van der Waals surface area contributed by atoms with Gasteiger partial charge in [0.15, 0.2) is 0 Å². The Morgan fingerprint density at radius 1 is 1.18 bits per heavy atom. The molecule has 1 aliphatic carbocycles. The second-order valence-corrected chi connectivity index (χ2v) is 8.51. The molecule has 0 spiro atoms. The van der Waals surface area contributed by atoms with Crippen LogP contribution < -0.4 is 16.0 Å². The lowest BCUT2D eigenvalue weighted by molar-refractivity contribution is -0.136. The summed E-state index contributed by atoms with van der Waals surface area (Å²) in [7, 11) is 0. The SMILES string of the molecule is O=C1CCC(N2Cc3cccc(CNC45CCCC4NCC5)c3C2=O)C(=O)N1. The number of fused-ring (bicyclic) bond motifs is 2. The fourth-order valence-electron chi connectivity index (χ4n) is 5.55. The fraction of sp³-hybridized carbons (Fsp3) is 0.571. The van der Waals surface area contributed by atoms with E-state index in [1.165, 1.54) is 19.3 Å². The number of carbonyl (C=O) groups excluding carboxylic acids is 3. The van der Waals surface area contributed by atoms with E-state index in [0.717, 1.165) is 29.7 Å². The van der Waals surface area contributed by atoms with Crippen molar-refractivity contribution in [3.05, 3.63) is 34.9 Å². The Morgan fingerprint density at radius 3 is 2.93 bits per heavy atom. The van der Waals surface area contributed by atoms with E-state index in [-0.39, 0.29) is 29.7 Å². The molecule has 0 bridgehead atoms. The first-order valence-electron chi connectivity index (χ1n) is 10.3. The number of amides is 3. The first-order chi connectivity index (χ1) is 13.6. The van der Waals surface area contributed by atoms with Crippen molar-refractivity contribution in [3.63, 3.8) is 0 Å². The van der Waals surface area contributed by atoms with Gasteiger partial charge in [0.05, 0.1) is 0 Å². The van der Waals surface area contributed by atoms with Crippen LogP contribution in [0.15, 0.2) is 18.2 Å². The highest BCUT2D eigenvalue weighted by molar-refractivity contribution is 6.05. The van der Waals surface area contributed by atoms with Gasteiger partial charge in [0.1, 0.15) is 6.04 Å². The van der Waals surface area contributed by atoms with Crippen LogP contribution in [-0.2, 0) is 22.7 Å². The summed E-state index contributed by atoms with van der Waals surface area (Å²) < 4.78 is 0. The van der Waals surface area contributed by atoms with E-state index in [9.17, 15) is 14.4 Å². The van der Waals surface area contributed by atoms with E-state index in [0.29, 0.717) is 25.6 Å². The molecule has 1 aromatic carbocycles. The number of nitrogens with one attached hydrogen (secondary N) is 3. The summed E-state index contributed by atoms with van der Waals surface area (Å²) in [4.78, 5) is 38.5. The van der Waals surface area contributed by atoms with Crippen LogP contribution in [0, 0.1) is 0 Å². The largest absolute Gasteiger partial charge is 0.322 e. The highest BCUT2D eigenvalue weighted by atomic mass is 16.2. The Kier molecular flexibility index (Phi) is 4.25. The maximum atomic E-state index is 13.2. The molecule has 28 heavy (non-hydrogen) atoms. The molecule has 3 heterocycles. The molecule has 148 valence electrons. The Labute approximate surface area is 164 Å². The minimum atomic E-state index is -0.560. The van der Waals surface area contributed by atoms with Crippen molar-refractivity contribution in [1.82, 2.24) is 20.9 Å². The average Bonchev–Trinajstić information content (AvgIpc) is 3.33. The second kappa shape index (κ2) is 6.67. The molecule has 3 N–H and O–H groups in total. The molecule has 3 atom stereocenters. The number of carbonyl (C=O) groups is 3. The van der Waals surface area contributed by atoms with Crippen LogP contribution in [0.3, 0.4) is 0 Å². The molecule has 3 aliphatic heterocycles. The van der Waals surface area contributed by atoms with Crippen molar-refractivity contribution in [3.8, 4) is 0 Å². The molecule has 3 unspecified atom stereocenters. The third-order valence-electron chi connectivity index (χ3n) is 7.01. The van der Waals surface area contributed by atoms with Gasteiger partial charge in [0.25, 0.3) is 5.91 Å². The Morgan fingerprint density at radius 2 is 2.07 bits per heavy atom. The van der Waals surface area contributed by atoms with Crippen molar-refractivity contribution in [2.45, 2.75) is 69.2 Å². The standard InChI is InChI=1S/C21H26N4O3/c26-17-7-6-15(19(27)24-17)25-12-14-4-1-3-13(18(14)20(25)28)11-23-21-8-2-5-16(21)22-10-9-21/h1,3-4,15-16,22-23H,2,5-12H2,(H,24,26,27). The molecule has 3 fully saturated rings. The van der Waals surface area contributed by atoms with Crippen molar-refractivity contribution >= 4 is 17.7 Å². The van der Waals surface area contributed by atoms with Crippen molar-refractivity contribution in [2.75, 3.05) is 6.54 Å². The predicted molar refractivity (Wildman–Crippen MR) is 102 cm³/mol. The predicted octanol–water partition coefficient (Wildman–Crippen LogP) is 0.822. The van der Waals surface area contributed by atoms with Gasteiger partial charge in [-0.25, -0.2) is 0 Å². The van der Waals surface area contributed by atoms with Gasteiger partial charge in [-0.15, -0.1) is 0 Å². The number of hydrogen-bond acceptors (Lipinski definition) is 5. The van der Waals surface area contributed by atoms with Crippen LogP contribution in [0.4, 0.5) is 0 Å². The van der Waals surface area contributed by atoms with Gasteiger partial charge in [-0.1, -0.05) is 18.2 Å². The third-order valence-corrected chi connectivity index (χ3v) is 7.01. The first-order valence-corrected chi connectivity index (χ1v) is 10.3. The van der Waals surface area contributed by atoms with Gasteiger partial charge in [-0.2, -0.15) is 0 Å². The molecular weight excluding hydrogens is 356 g/mol. The number of nitrogens with zero attached hydrogens (tertiary/aromatic N) is 1. The van der Waals surface area contributed by atoms with Gasteiger partial charge >= 0.3 is 0 Å².